The van der Waals surface area contributed by atoms with Gasteiger partial charge in [0.15, 0.2) is 0 Å². The lowest BCUT2D eigenvalue weighted by molar-refractivity contribution is 0.253. The molecular formula is C11H15N3O3S2. The Kier molecular flexibility index (Phi) is 4.46. The van der Waals surface area contributed by atoms with Crippen LogP contribution in [0.5, 0.6) is 0 Å². The van der Waals surface area contributed by atoms with Crippen LogP contribution in [0.3, 0.4) is 0 Å². The molecule has 0 fully saturated rings. The molecule has 0 atom stereocenters. The Morgan fingerprint density at radius 1 is 1.32 bits per heavy atom. The third kappa shape index (κ3) is 2.76. The van der Waals surface area contributed by atoms with Crippen molar-refractivity contribution in [3.05, 3.63) is 18.2 Å². The fourth-order valence-electron chi connectivity index (χ4n) is 1.84. The number of hydrogen-bond donors (Lipinski definition) is 1. The van der Waals surface area contributed by atoms with Crippen LogP contribution in [-0.2, 0) is 10.0 Å². The Morgan fingerprint density at radius 2 is 2.11 bits per heavy atom. The second kappa shape index (κ2) is 5.91. The number of aliphatic hydroxyl groups excluding tert-OH is 1. The van der Waals surface area contributed by atoms with Crippen LogP contribution in [0, 0.1) is 0 Å². The Bertz CT molecular complexity index is 648. The second-order valence-electron chi connectivity index (χ2n) is 4.02. The molecule has 1 aromatic heterocycles. The second-order valence-corrected chi connectivity index (χ2v) is 6.45. The standard InChI is InChI=1S/C11H15N3O3S2/c1-2-6-14(7-8-15)19(16,17)10-5-3-4-9-11(10)13-18-12-9/h3-5,15H,2,6-8H2,1H3. The Balaban J connectivity index is 2.50. The van der Waals surface area contributed by atoms with Crippen molar-refractivity contribution in [2.24, 2.45) is 0 Å². The smallest absolute Gasteiger partial charge is 0.245 e. The van der Waals surface area contributed by atoms with Crippen molar-refractivity contribution in [2.75, 3.05) is 19.7 Å². The van der Waals surface area contributed by atoms with Gasteiger partial charge in [-0.1, -0.05) is 13.0 Å². The summed E-state index contributed by atoms with van der Waals surface area (Å²) in [5.41, 5.74) is 0.970. The SMILES string of the molecule is CCCN(CCO)S(=O)(=O)c1cccc2nsnc12. The molecule has 0 amide bonds. The molecule has 0 saturated carbocycles. The van der Waals surface area contributed by atoms with Crippen LogP contribution in [0.2, 0.25) is 0 Å². The quantitative estimate of drug-likeness (QED) is 0.863. The lowest BCUT2D eigenvalue weighted by atomic mass is 10.3. The number of benzene rings is 1. The van der Waals surface area contributed by atoms with Gasteiger partial charge in [0.2, 0.25) is 10.0 Å². The first-order chi connectivity index (χ1) is 9.11. The molecule has 0 saturated heterocycles. The van der Waals surface area contributed by atoms with Crippen LogP contribution in [0.1, 0.15) is 13.3 Å². The van der Waals surface area contributed by atoms with Gasteiger partial charge in [-0.3, -0.25) is 0 Å². The predicted octanol–water partition coefficient (Wildman–Crippen LogP) is 1.08. The molecule has 0 bridgehead atoms. The summed E-state index contributed by atoms with van der Waals surface area (Å²) in [5, 5.41) is 9.01. The van der Waals surface area contributed by atoms with E-state index in [2.05, 4.69) is 8.75 Å². The molecule has 1 N–H and O–H groups in total. The van der Waals surface area contributed by atoms with E-state index in [0.29, 0.717) is 24.0 Å². The van der Waals surface area contributed by atoms with E-state index < -0.39 is 10.0 Å². The van der Waals surface area contributed by atoms with Crippen LogP contribution in [0.4, 0.5) is 0 Å². The number of fused-ring (bicyclic) bond motifs is 1. The number of rotatable bonds is 6. The normalized spacial score (nSPS) is 12.4. The summed E-state index contributed by atoms with van der Waals surface area (Å²) in [6.45, 7) is 2.15. The Hall–Kier alpha value is -1.09. The van der Waals surface area contributed by atoms with E-state index in [1.807, 2.05) is 6.92 Å². The molecule has 104 valence electrons. The highest BCUT2D eigenvalue weighted by Crippen LogP contribution is 2.24. The first-order valence-corrected chi connectivity index (χ1v) is 8.10. The monoisotopic (exact) mass is 301 g/mol. The van der Waals surface area contributed by atoms with E-state index in [1.165, 1.54) is 10.4 Å². The van der Waals surface area contributed by atoms with Gasteiger partial charge in [-0.15, -0.1) is 0 Å². The Morgan fingerprint density at radius 3 is 2.79 bits per heavy atom. The molecule has 0 aliphatic rings. The molecule has 2 aromatic rings. The third-order valence-corrected chi connectivity index (χ3v) is 5.16. The predicted molar refractivity (Wildman–Crippen MR) is 73.6 cm³/mol. The maximum Gasteiger partial charge on any atom is 0.245 e. The summed E-state index contributed by atoms with van der Waals surface area (Å²) >= 11 is 0.989. The van der Waals surface area contributed by atoms with Crippen molar-refractivity contribution in [1.29, 1.82) is 0 Å². The molecule has 8 heteroatoms. The molecule has 1 heterocycles. The van der Waals surface area contributed by atoms with Crippen LogP contribution >= 0.6 is 11.7 Å². The van der Waals surface area contributed by atoms with Gasteiger partial charge in [-0.2, -0.15) is 13.1 Å². The minimum Gasteiger partial charge on any atom is -0.395 e. The van der Waals surface area contributed by atoms with Crippen molar-refractivity contribution >= 4 is 32.8 Å². The van der Waals surface area contributed by atoms with Crippen molar-refractivity contribution in [2.45, 2.75) is 18.2 Å². The first-order valence-electron chi connectivity index (χ1n) is 5.93. The molecule has 0 spiro atoms. The van der Waals surface area contributed by atoms with Gasteiger partial charge < -0.3 is 5.11 Å². The average molecular weight is 301 g/mol. The van der Waals surface area contributed by atoms with Crippen molar-refractivity contribution in [3.8, 4) is 0 Å². The first kappa shape index (κ1) is 14.3. The zero-order chi connectivity index (χ0) is 13.9. The molecule has 2 rings (SSSR count). The molecule has 1 aromatic carbocycles. The van der Waals surface area contributed by atoms with E-state index >= 15 is 0 Å². The maximum absolute atomic E-state index is 12.6. The van der Waals surface area contributed by atoms with Crippen molar-refractivity contribution in [3.63, 3.8) is 0 Å². The highest BCUT2D eigenvalue weighted by atomic mass is 32.2. The fraction of sp³-hybridized carbons (Fsp3) is 0.455. The minimum absolute atomic E-state index is 0.0874. The van der Waals surface area contributed by atoms with Crippen molar-refractivity contribution in [1.82, 2.24) is 13.1 Å². The summed E-state index contributed by atoms with van der Waals surface area (Å²) in [5.74, 6) is 0. The van der Waals surface area contributed by atoms with Gasteiger partial charge in [0.05, 0.1) is 18.3 Å². The molecule has 0 aliphatic carbocycles. The summed E-state index contributed by atoms with van der Waals surface area (Å²) in [4.78, 5) is 0.153. The van der Waals surface area contributed by atoms with Crippen LogP contribution in [0.25, 0.3) is 11.0 Å². The number of aliphatic hydroxyl groups is 1. The fourth-order valence-corrected chi connectivity index (χ4v) is 4.12. The van der Waals surface area contributed by atoms with Gasteiger partial charge >= 0.3 is 0 Å². The van der Waals surface area contributed by atoms with Gasteiger partial charge in [-0.25, -0.2) is 8.42 Å². The van der Waals surface area contributed by atoms with Crippen LogP contribution < -0.4 is 0 Å². The van der Waals surface area contributed by atoms with E-state index in [4.69, 9.17) is 5.11 Å². The average Bonchev–Trinajstić information content (AvgIpc) is 2.86. The van der Waals surface area contributed by atoms with Crippen LogP contribution in [-0.4, -0.2) is 46.3 Å². The number of nitrogens with zero attached hydrogens (tertiary/aromatic N) is 3. The van der Waals surface area contributed by atoms with Gasteiger partial charge in [0, 0.05) is 13.1 Å². The lowest BCUT2D eigenvalue weighted by Gasteiger charge is -2.20. The van der Waals surface area contributed by atoms with E-state index in [-0.39, 0.29) is 18.0 Å². The largest absolute Gasteiger partial charge is 0.395 e. The molecule has 6 nitrogen and oxygen atoms in total. The van der Waals surface area contributed by atoms with Gasteiger partial charge in [0.1, 0.15) is 15.9 Å². The molecular weight excluding hydrogens is 286 g/mol. The van der Waals surface area contributed by atoms with Gasteiger partial charge in [0.25, 0.3) is 0 Å². The highest BCUT2D eigenvalue weighted by Gasteiger charge is 2.26. The molecule has 0 unspecified atom stereocenters. The zero-order valence-electron chi connectivity index (χ0n) is 10.5. The van der Waals surface area contributed by atoms with Crippen molar-refractivity contribution < 1.29 is 13.5 Å². The molecule has 19 heavy (non-hydrogen) atoms. The minimum atomic E-state index is -3.64. The summed E-state index contributed by atoms with van der Waals surface area (Å²) in [7, 11) is -3.64. The third-order valence-electron chi connectivity index (χ3n) is 2.69. The Labute approximate surface area is 116 Å². The topological polar surface area (TPSA) is 83.4 Å². The molecule has 0 aliphatic heterocycles. The van der Waals surface area contributed by atoms with Gasteiger partial charge in [-0.05, 0) is 18.6 Å². The summed E-state index contributed by atoms with van der Waals surface area (Å²) in [6.07, 6.45) is 0.685. The molecule has 0 radical (unpaired) electrons. The summed E-state index contributed by atoms with van der Waals surface area (Å²) in [6, 6.07) is 4.91. The zero-order valence-corrected chi connectivity index (χ0v) is 12.1. The van der Waals surface area contributed by atoms with Crippen LogP contribution in [0.15, 0.2) is 23.1 Å². The summed E-state index contributed by atoms with van der Waals surface area (Å²) < 4.78 is 34.5. The number of sulfonamides is 1. The lowest BCUT2D eigenvalue weighted by Crippen LogP contribution is -2.34. The number of aromatic nitrogens is 2. The highest BCUT2D eigenvalue weighted by molar-refractivity contribution is 7.89. The van der Waals surface area contributed by atoms with E-state index in [9.17, 15) is 8.42 Å². The van der Waals surface area contributed by atoms with E-state index in [0.717, 1.165) is 11.7 Å². The van der Waals surface area contributed by atoms with E-state index in [1.54, 1.807) is 12.1 Å². The maximum atomic E-state index is 12.6. The number of hydrogen-bond acceptors (Lipinski definition) is 6.